The molecule has 0 radical (unpaired) electrons. The van der Waals surface area contributed by atoms with E-state index in [0.29, 0.717) is 12.0 Å². The quantitative estimate of drug-likeness (QED) is 0.264. The van der Waals surface area contributed by atoms with Crippen molar-refractivity contribution in [3.63, 3.8) is 0 Å². The van der Waals surface area contributed by atoms with Crippen LogP contribution in [0.2, 0.25) is 0 Å². The van der Waals surface area contributed by atoms with Crippen molar-refractivity contribution in [3.05, 3.63) is 84.2 Å². The molecular weight excluding hydrogens is 571 g/mol. The molecule has 236 valence electrons. The summed E-state index contributed by atoms with van der Waals surface area (Å²) >= 11 is 0. The van der Waals surface area contributed by atoms with E-state index in [2.05, 4.69) is 17.2 Å². The number of benzene rings is 2. The number of halogens is 1. The van der Waals surface area contributed by atoms with Crippen LogP contribution in [0.5, 0.6) is 0 Å². The lowest BCUT2D eigenvalue weighted by Crippen LogP contribution is -2.76. The smallest absolute Gasteiger partial charge is 0.407 e. The first-order valence-electron chi connectivity index (χ1n) is 14.5. The lowest BCUT2D eigenvalue weighted by molar-refractivity contribution is -0.188. The number of carbonyl (C=O) groups is 4. The van der Waals surface area contributed by atoms with Crippen LogP contribution in [-0.2, 0) is 32.2 Å². The van der Waals surface area contributed by atoms with Crippen molar-refractivity contribution < 1.29 is 33.0 Å². The van der Waals surface area contributed by atoms with Crippen molar-refractivity contribution in [2.45, 2.75) is 38.2 Å². The number of hydrogen-bond donors (Lipinski definition) is 2. The van der Waals surface area contributed by atoms with Gasteiger partial charge in [-0.25, -0.2) is 24.0 Å². The fourth-order valence-electron chi connectivity index (χ4n) is 5.30. The highest BCUT2D eigenvalue weighted by atomic mass is 19.1. The molecule has 0 saturated carbocycles. The Morgan fingerprint density at radius 3 is 2.61 bits per heavy atom. The van der Waals surface area contributed by atoms with Gasteiger partial charge in [-0.2, -0.15) is 0 Å². The van der Waals surface area contributed by atoms with Crippen LogP contribution in [0.1, 0.15) is 24.0 Å². The lowest BCUT2D eigenvalue weighted by atomic mass is 10.0. The highest BCUT2D eigenvalue weighted by molar-refractivity contribution is 5.91. The number of hydrogen-bond acceptors (Lipinski definition) is 7. The van der Waals surface area contributed by atoms with E-state index in [9.17, 15) is 23.6 Å². The maximum Gasteiger partial charge on any atom is 0.407 e. The average Bonchev–Trinajstić information content (AvgIpc) is 3.01. The zero-order chi connectivity index (χ0) is 31.5. The Morgan fingerprint density at radius 2 is 1.86 bits per heavy atom. The third kappa shape index (κ3) is 8.54. The van der Waals surface area contributed by atoms with Gasteiger partial charge in [-0.15, -0.1) is 0 Å². The topological polar surface area (TPSA) is 124 Å². The van der Waals surface area contributed by atoms with Gasteiger partial charge in [0.15, 0.2) is 0 Å². The van der Waals surface area contributed by atoms with Gasteiger partial charge in [-0.1, -0.05) is 55.1 Å². The number of carbonyl (C=O) groups excluding carboxylic acids is 4. The third-order valence-electron chi connectivity index (χ3n) is 7.35. The van der Waals surface area contributed by atoms with Crippen molar-refractivity contribution in [1.29, 1.82) is 0 Å². The lowest BCUT2D eigenvalue weighted by Gasteiger charge is -2.54. The van der Waals surface area contributed by atoms with Crippen LogP contribution >= 0.6 is 0 Å². The Bertz CT molecular complexity index is 1310. The number of nitrogens with zero attached hydrogens (tertiary/aromatic N) is 4. The number of urea groups is 1. The minimum Gasteiger partial charge on any atom is -0.445 e. The summed E-state index contributed by atoms with van der Waals surface area (Å²) in [7, 11) is 1.66. The fourth-order valence-corrected chi connectivity index (χ4v) is 5.30. The molecule has 0 aliphatic carbocycles. The van der Waals surface area contributed by atoms with Gasteiger partial charge in [0.1, 0.15) is 24.6 Å². The van der Waals surface area contributed by atoms with E-state index in [0.717, 1.165) is 5.56 Å². The molecule has 4 rings (SSSR count). The standard InChI is InChI=1S/C31H39FN6O6/c1-3-16-44-31(42)33-14-8-13-26-29(40)36(15-17-43-22-24-11-7-12-25(32)18-24)20-27-37(26)28(39)21-35(2)38(27)30(41)34-19-23-9-5-4-6-10-23/h3-7,9-12,18,26-27H,1,8,13-17,19-22H2,2H3,(H,33,42)(H,34,41)/t26-,27-/m0/s1. The highest BCUT2D eigenvalue weighted by Crippen LogP contribution is 2.28. The first-order chi connectivity index (χ1) is 21.3. The van der Waals surface area contributed by atoms with Gasteiger partial charge in [0.25, 0.3) is 0 Å². The summed E-state index contributed by atoms with van der Waals surface area (Å²) < 4.78 is 24.2. The molecule has 0 spiro atoms. The van der Waals surface area contributed by atoms with Gasteiger partial charge in [0.05, 0.1) is 26.3 Å². The zero-order valence-electron chi connectivity index (χ0n) is 24.8. The highest BCUT2D eigenvalue weighted by Gasteiger charge is 2.50. The van der Waals surface area contributed by atoms with Gasteiger partial charge in [0, 0.05) is 26.7 Å². The van der Waals surface area contributed by atoms with Crippen molar-refractivity contribution in [2.24, 2.45) is 0 Å². The molecule has 2 N–H and O–H groups in total. The van der Waals surface area contributed by atoms with Crippen molar-refractivity contribution in [2.75, 3.05) is 46.4 Å². The fraction of sp³-hybridized carbons (Fsp3) is 0.419. The summed E-state index contributed by atoms with van der Waals surface area (Å²) in [6, 6.07) is 14.3. The summed E-state index contributed by atoms with van der Waals surface area (Å²) in [6.07, 6.45) is 0.737. The Kier molecular flexibility index (Phi) is 11.7. The number of ether oxygens (including phenoxy) is 2. The molecule has 2 fully saturated rings. The minimum atomic E-state index is -0.853. The minimum absolute atomic E-state index is 0.0723. The third-order valence-corrected chi connectivity index (χ3v) is 7.35. The number of rotatable bonds is 13. The number of piperazine rings is 1. The van der Waals surface area contributed by atoms with Crippen LogP contribution in [0.4, 0.5) is 14.0 Å². The summed E-state index contributed by atoms with van der Waals surface area (Å²) in [5, 5.41) is 8.60. The Hall–Kier alpha value is -4.49. The van der Waals surface area contributed by atoms with Crippen LogP contribution < -0.4 is 10.6 Å². The van der Waals surface area contributed by atoms with Crippen molar-refractivity contribution >= 4 is 23.9 Å². The predicted octanol–water partition coefficient (Wildman–Crippen LogP) is 2.47. The van der Waals surface area contributed by atoms with E-state index >= 15 is 0 Å². The number of alkyl carbamates (subject to hydrolysis) is 1. The molecule has 2 saturated heterocycles. The van der Waals surface area contributed by atoms with Gasteiger partial charge < -0.3 is 29.9 Å². The normalized spacial score (nSPS) is 18.5. The number of nitrogens with one attached hydrogen (secondary N) is 2. The van der Waals surface area contributed by atoms with Gasteiger partial charge in [0.2, 0.25) is 11.8 Å². The monoisotopic (exact) mass is 610 g/mol. The Morgan fingerprint density at radius 1 is 1.09 bits per heavy atom. The van der Waals surface area contributed by atoms with Crippen molar-refractivity contribution in [1.82, 2.24) is 30.5 Å². The molecule has 2 atom stereocenters. The molecule has 0 aromatic heterocycles. The number of hydrazine groups is 1. The summed E-state index contributed by atoms with van der Waals surface area (Å²) in [5.41, 5.74) is 1.58. The molecule has 2 aromatic carbocycles. The Labute approximate surface area is 256 Å². The second kappa shape index (κ2) is 15.8. The van der Waals surface area contributed by atoms with E-state index < -0.39 is 24.3 Å². The molecule has 2 aromatic rings. The molecule has 2 aliphatic heterocycles. The molecule has 0 bridgehead atoms. The Balaban J connectivity index is 1.46. The average molecular weight is 611 g/mol. The van der Waals surface area contributed by atoms with E-state index in [1.165, 1.54) is 28.1 Å². The predicted molar refractivity (Wildman–Crippen MR) is 159 cm³/mol. The second-order valence-electron chi connectivity index (χ2n) is 10.5. The maximum absolute atomic E-state index is 13.7. The number of likely N-dealkylation sites (N-methyl/N-ethyl adjacent to an activating group) is 1. The van der Waals surface area contributed by atoms with E-state index in [1.54, 1.807) is 29.1 Å². The molecular formula is C31H39FN6O6. The van der Waals surface area contributed by atoms with Gasteiger partial charge in [-0.05, 0) is 36.1 Å². The summed E-state index contributed by atoms with van der Waals surface area (Å²) in [5.74, 6) is -0.906. The summed E-state index contributed by atoms with van der Waals surface area (Å²) in [4.78, 5) is 55.5. The van der Waals surface area contributed by atoms with E-state index in [1.807, 2.05) is 30.3 Å². The zero-order valence-corrected chi connectivity index (χ0v) is 24.8. The molecule has 2 aliphatic rings. The van der Waals surface area contributed by atoms with Crippen LogP contribution in [-0.4, -0.2) is 102 Å². The van der Waals surface area contributed by atoms with Crippen LogP contribution in [0.15, 0.2) is 67.3 Å². The van der Waals surface area contributed by atoms with E-state index in [4.69, 9.17) is 9.47 Å². The molecule has 0 unspecified atom stereocenters. The first-order valence-corrected chi connectivity index (χ1v) is 14.5. The SMILES string of the molecule is C=CCOC(=O)NCCC[C@H]1C(=O)N(CCOCc2cccc(F)c2)C[C@H]2N1C(=O)CN(C)N2C(=O)NCc1ccccc1. The second-order valence-corrected chi connectivity index (χ2v) is 10.5. The number of fused-ring (bicyclic) bond motifs is 1. The largest absolute Gasteiger partial charge is 0.445 e. The van der Waals surface area contributed by atoms with E-state index in [-0.39, 0.29) is 76.6 Å². The molecule has 12 nitrogen and oxygen atoms in total. The van der Waals surface area contributed by atoms with Gasteiger partial charge in [-0.3, -0.25) is 9.59 Å². The molecule has 5 amide bonds. The van der Waals surface area contributed by atoms with Gasteiger partial charge >= 0.3 is 12.1 Å². The van der Waals surface area contributed by atoms with Crippen LogP contribution in [0.3, 0.4) is 0 Å². The summed E-state index contributed by atoms with van der Waals surface area (Å²) in [6.45, 7) is 4.64. The van der Waals surface area contributed by atoms with Crippen LogP contribution in [0, 0.1) is 5.82 Å². The van der Waals surface area contributed by atoms with Crippen LogP contribution in [0.25, 0.3) is 0 Å². The molecule has 44 heavy (non-hydrogen) atoms. The first kappa shape index (κ1) is 32.4. The van der Waals surface area contributed by atoms with Crippen molar-refractivity contribution in [3.8, 4) is 0 Å². The molecule has 13 heteroatoms. The maximum atomic E-state index is 13.7. The molecule has 2 heterocycles. The number of amides is 5.